The summed E-state index contributed by atoms with van der Waals surface area (Å²) >= 11 is 1.73. The second kappa shape index (κ2) is 5.03. The Morgan fingerprint density at radius 1 is 1.18 bits per heavy atom. The summed E-state index contributed by atoms with van der Waals surface area (Å²) in [5.74, 6) is 0. The molecule has 2 heteroatoms. The van der Waals surface area contributed by atoms with Crippen molar-refractivity contribution in [1.82, 2.24) is 0 Å². The normalized spacial score (nSPS) is 13.6. The monoisotopic (exact) mass is 245 g/mol. The third kappa shape index (κ3) is 2.76. The molecule has 0 radical (unpaired) electrons. The third-order valence-corrected chi connectivity index (χ3v) is 4.21. The predicted molar refractivity (Wildman–Crippen MR) is 75.5 cm³/mol. The number of nitrogens with two attached hydrogens (primary N) is 1. The molecule has 1 aromatic carbocycles. The van der Waals surface area contributed by atoms with Gasteiger partial charge in [0, 0.05) is 11.5 Å². The fraction of sp³-hybridized carbons (Fsp3) is 0.333. The van der Waals surface area contributed by atoms with Crippen LogP contribution in [0, 0.1) is 0 Å². The van der Waals surface area contributed by atoms with E-state index in [0.717, 1.165) is 6.42 Å². The molecular formula is C15H19NS. The molecule has 0 spiro atoms. The zero-order valence-electron chi connectivity index (χ0n) is 10.4. The molecule has 0 aliphatic rings. The predicted octanol–water partition coefficient (Wildman–Crippen LogP) is 3.60. The van der Waals surface area contributed by atoms with Crippen LogP contribution in [0.5, 0.6) is 0 Å². The molecule has 1 unspecified atom stereocenters. The molecular weight excluding hydrogens is 226 g/mol. The topological polar surface area (TPSA) is 26.0 Å². The van der Waals surface area contributed by atoms with Gasteiger partial charge in [-0.15, -0.1) is 0 Å². The van der Waals surface area contributed by atoms with E-state index in [1.165, 1.54) is 11.1 Å². The van der Waals surface area contributed by atoms with Crippen molar-refractivity contribution in [2.75, 3.05) is 0 Å². The third-order valence-electron chi connectivity index (χ3n) is 3.48. The van der Waals surface area contributed by atoms with E-state index in [2.05, 4.69) is 54.9 Å². The van der Waals surface area contributed by atoms with Gasteiger partial charge in [-0.2, -0.15) is 11.3 Å². The molecule has 90 valence electrons. The summed E-state index contributed by atoms with van der Waals surface area (Å²) in [6, 6.07) is 12.8. The Bertz CT molecular complexity index is 445. The number of hydrogen-bond donors (Lipinski definition) is 1. The second-order valence-electron chi connectivity index (χ2n) is 5.03. The average Bonchev–Trinajstić information content (AvgIpc) is 2.83. The van der Waals surface area contributed by atoms with E-state index in [9.17, 15) is 0 Å². The van der Waals surface area contributed by atoms with E-state index >= 15 is 0 Å². The van der Waals surface area contributed by atoms with Crippen molar-refractivity contribution in [3.05, 3.63) is 58.3 Å². The maximum absolute atomic E-state index is 6.38. The fourth-order valence-corrected chi connectivity index (χ4v) is 2.68. The molecule has 1 heterocycles. The van der Waals surface area contributed by atoms with Crippen molar-refractivity contribution in [3.63, 3.8) is 0 Å². The molecule has 2 aromatic rings. The second-order valence-corrected chi connectivity index (χ2v) is 5.81. The minimum atomic E-state index is 0.00317. The average molecular weight is 245 g/mol. The lowest BCUT2D eigenvalue weighted by molar-refractivity contribution is 0.407. The van der Waals surface area contributed by atoms with E-state index in [4.69, 9.17) is 5.73 Å². The van der Waals surface area contributed by atoms with Gasteiger partial charge in [0.1, 0.15) is 0 Å². The zero-order chi connectivity index (χ0) is 12.3. The first-order chi connectivity index (χ1) is 8.10. The number of hydrogen-bond acceptors (Lipinski definition) is 2. The number of thiophene rings is 1. The molecule has 0 amide bonds. The van der Waals surface area contributed by atoms with Crippen LogP contribution >= 0.6 is 11.3 Å². The molecule has 2 N–H and O–H groups in total. The van der Waals surface area contributed by atoms with E-state index in [0.29, 0.717) is 0 Å². The molecule has 0 saturated heterocycles. The molecule has 17 heavy (non-hydrogen) atoms. The Morgan fingerprint density at radius 3 is 2.47 bits per heavy atom. The molecule has 2 rings (SSSR count). The van der Waals surface area contributed by atoms with Crippen molar-refractivity contribution in [3.8, 4) is 0 Å². The Hall–Kier alpha value is -1.12. The quantitative estimate of drug-likeness (QED) is 0.875. The lowest BCUT2D eigenvalue weighted by atomic mass is 9.76. The van der Waals surface area contributed by atoms with Gasteiger partial charge in [0.2, 0.25) is 0 Å². The van der Waals surface area contributed by atoms with Crippen LogP contribution < -0.4 is 5.73 Å². The Balaban J connectivity index is 2.15. The largest absolute Gasteiger partial charge is 0.327 e. The van der Waals surface area contributed by atoms with Crippen LogP contribution in [0.15, 0.2) is 47.2 Å². The molecule has 1 aromatic heterocycles. The van der Waals surface area contributed by atoms with Crippen LogP contribution in [-0.4, -0.2) is 6.04 Å². The van der Waals surface area contributed by atoms with Crippen LogP contribution in [0.3, 0.4) is 0 Å². The van der Waals surface area contributed by atoms with Gasteiger partial charge >= 0.3 is 0 Å². The van der Waals surface area contributed by atoms with Crippen LogP contribution in [0.2, 0.25) is 0 Å². The Labute approximate surface area is 107 Å². The maximum Gasteiger partial charge on any atom is 0.0172 e. The lowest BCUT2D eigenvalue weighted by Gasteiger charge is -2.32. The van der Waals surface area contributed by atoms with Crippen LogP contribution in [-0.2, 0) is 11.8 Å². The van der Waals surface area contributed by atoms with E-state index in [1.54, 1.807) is 11.3 Å². The molecule has 1 atom stereocenters. The first kappa shape index (κ1) is 12.3. The highest BCUT2D eigenvalue weighted by atomic mass is 32.1. The molecule has 0 aliphatic heterocycles. The summed E-state index contributed by atoms with van der Waals surface area (Å²) in [7, 11) is 0. The van der Waals surface area contributed by atoms with Gasteiger partial charge in [-0.1, -0.05) is 44.2 Å². The van der Waals surface area contributed by atoms with Crippen molar-refractivity contribution < 1.29 is 0 Å². The minimum Gasteiger partial charge on any atom is -0.327 e. The van der Waals surface area contributed by atoms with Gasteiger partial charge in [-0.05, 0) is 34.4 Å². The zero-order valence-corrected chi connectivity index (χ0v) is 11.2. The SMILES string of the molecule is CC(C)(c1ccccc1)C(N)Cc1ccsc1. The molecule has 0 fully saturated rings. The summed E-state index contributed by atoms with van der Waals surface area (Å²) in [6.45, 7) is 4.44. The highest BCUT2D eigenvalue weighted by molar-refractivity contribution is 7.07. The van der Waals surface area contributed by atoms with E-state index in [1.807, 2.05) is 6.07 Å². The van der Waals surface area contributed by atoms with Gasteiger partial charge in [-0.3, -0.25) is 0 Å². The maximum atomic E-state index is 6.38. The van der Waals surface area contributed by atoms with Gasteiger partial charge in [0.05, 0.1) is 0 Å². The molecule has 0 bridgehead atoms. The lowest BCUT2D eigenvalue weighted by Crippen LogP contribution is -2.42. The van der Waals surface area contributed by atoms with Crippen LogP contribution in [0.4, 0.5) is 0 Å². The Kier molecular flexibility index (Phi) is 3.65. The van der Waals surface area contributed by atoms with Crippen molar-refractivity contribution in [2.45, 2.75) is 31.7 Å². The summed E-state index contributed by atoms with van der Waals surface area (Å²) in [6.07, 6.45) is 0.936. The van der Waals surface area contributed by atoms with E-state index in [-0.39, 0.29) is 11.5 Å². The fourth-order valence-electron chi connectivity index (χ4n) is 2.00. The smallest absolute Gasteiger partial charge is 0.0172 e. The summed E-state index contributed by atoms with van der Waals surface area (Å²) in [5.41, 5.74) is 9.03. The van der Waals surface area contributed by atoms with Crippen molar-refractivity contribution in [2.24, 2.45) is 5.73 Å². The highest BCUT2D eigenvalue weighted by Gasteiger charge is 2.28. The van der Waals surface area contributed by atoms with Gasteiger partial charge in [-0.25, -0.2) is 0 Å². The summed E-state index contributed by atoms with van der Waals surface area (Å²) in [4.78, 5) is 0. The van der Waals surface area contributed by atoms with Crippen LogP contribution in [0.1, 0.15) is 25.0 Å². The standard InChI is InChI=1S/C15H19NS/c1-15(2,13-6-4-3-5-7-13)14(16)10-12-8-9-17-11-12/h3-9,11,14H,10,16H2,1-2H3. The number of benzene rings is 1. The van der Waals surface area contributed by atoms with E-state index < -0.39 is 0 Å². The first-order valence-electron chi connectivity index (χ1n) is 5.93. The van der Waals surface area contributed by atoms with Gasteiger partial charge in [0.15, 0.2) is 0 Å². The highest BCUT2D eigenvalue weighted by Crippen LogP contribution is 2.28. The summed E-state index contributed by atoms with van der Waals surface area (Å²) in [5, 5.41) is 4.29. The molecule has 0 saturated carbocycles. The van der Waals surface area contributed by atoms with Gasteiger partial charge < -0.3 is 5.73 Å². The van der Waals surface area contributed by atoms with Gasteiger partial charge in [0.25, 0.3) is 0 Å². The number of rotatable bonds is 4. The molecule has 0 aliphatic carbocycles. The van der Waals surface area contributed by atoms with Crippen LogP contribution in [0.25, 0.3) is 0 Å². The first-order valence-corrected chi connectivity index (χ1v) is 6.87. The summed E-state index contributed by atoms with van der Waals surface area (Å²) < 4.78 is 0. The van der Waals surface area contributed by atoms with Crippen molar-refractivity contribution in [1.29, 1.82) is 0 Å². The molecule has 1 nitrogen and oxygen atoms in total. The Morgan fingerprint density at radius 2 is 1.88 bits per heavy atom. The minimum absolute atomic E-state index is 0.00317. The van der Waals surface area contributed by atoms with Crippen molar-refractivity contribution >= 4 is 11.3 Å².